The molecule has 1 aliphatic rings. The number of nitrogens with two attached hydrogens (primary N) is 1. The normalized spacial score (nSPS) is 16.8. The summed E-state index contributed by atoms with van der Waals surface area (Å²) in [6.07, 6.45) is -15.4. The molecule has 0 radical (unpaired) electrons. The van der Waals surface area contributed by atoms with Gasteiger partial charge in [-0.2, -0.15) is 26.3 Å². The topological polar surface area (TPSA) is 123 Å². The molecule has 0 bridgehead atoms. The molecule has 2 aromatic rings. The van der Waals surface area contributed by atoms with Gasteiger partial charge in [-0.25, -0.2) is 4.99 Å². The summed E-state index contributed by atoms with van der Waals surface area (Å²) in [5, 5.41) is 5.02. The van der Waals surface area contributed by atoms with E-state index in [2.05, 4.69) is 15.6 Å². The Morgan fingerprint density at radius 2 is 1.57 bits per heavy atom. The Morgan fingerprint density at radius 3 is 2.12 bits per heavy atom. The molecule has 14 heteroatoms. The molecule has 42 heavy (non-hydrogen) atoms. The zero-order valence-corrected chi connectivity index (χ0v) is 22.5. The van der Waals surface area contributed by atoms with Gasteiger partial charge in [0.2, 0.25) is 18.0 Å². The quantitative estimate of drug-likeness (QED) is 0.293. The van der Waals surface area contributed by atoms with Crippen LogP contribution in [0, 0.1) is 11.8 Å². The number of benzodiazepines with no additional fused rings is 1. The van der Waals surface area contributed by atoms with Crippen molar-refractivity contribution in [2.45, 2.75) is 57.0 Å². The van der Waals surface area contributed by atoms with Gasteiger partial charge < -0.3 is 21.1 Å². The van der Waals surface area contributed by atoms with Gasteiger partial charge in [0.05, 0.1) is 18.5 Å². The monoisotopic (exact) mass is 600 g/mol. The number of halogens is 6. The third kappa shape index (κ3) is 9.21. The maximum absolute atomic E-state index is 13.5. The van der Waals surface area contributed by atoms with Crippen molar-refractivity contribution >= 4 is 29.1 Å². The highest BCUT2D eigenvalue weighted by atomic mass is 19.4. The molecule has 0 fully saturated rings. The molecule has 3 amide bonds. The second kappa shape index (κ2) is 13.7. The molecule has 0 spiro atoms. The molecule has 0 saturated heterocycles. The molecular weight excluding hydrogens is 570 g/mol. The van der Waals surface area contributed by atoms with E-state index >= 15 is 0 Å². The third-order valence-electron chi connectivity index (χ3n) is 6.71. The lowest BCUT2D eigenvalue weighted by molar-refractivity contribution is -0.143. The molecule has 0 unspecified atom stereocenters. The number of alkyl halides is 6. The summed E-state index contributed by atoms with van der Waals surface area (Å²) in [5.41, 5.74) is 7.07. The first-order valence-corrected chi connectivity index (χ1v) is 13.0. The molecule has 1 heterocycles. The van der Waals surface area contributed by atoms with Gasteiger partial charge in [0.1, 0.15) is 5.75 Å². The van der Waals surface area contributed by atoms with Crippen molar-refractivity contribution in [2.75, 3.05) is 12.4 Å². The summed E-state index contributed by atoms with van der Waals surface area (Å²) < 4.78 is 82.0. The number of fused-ring (bicyclic) bond motifs is 1. The van der Waals surface area contributed by atoms with Crippen molar-refractivity contribution in [3.05, 3.63) is 59.7 Å². The smallest absolute Gasteiger partial charge is 0.389 e. The van der Waals surface area contributed by atoms with Gasteiger partial charge in [-0.15, -0.1) is 0 Å². The molecule has 1 aliphatic heterocycles. The van der Waals surface area contributed by atoms with Crippen LogP contribution in [0.3, 0.4) is 0 Å². The van der Waals surface area contributed by atoms with Gasteiger partial charge in [-0.1, -0.05) is 30.3 Å². The van der Waals surface area contributed by atoms with Crippen molar-refractivity contribution in [2.24, 2.45) is 22.6 Å². The predicted molar refractivity (Wildman–Crippen MR) is 142 cm³/mol. The van der Waals surface area contributed by atoms with Crippen molar-refractivity contribution in [3.63, 3.8) is 0 Å². The van der Waals surface area contributed by atoms with Crippen LogP contribution >= 0.6 is 0 Å². The maximum atomic E-state index is 13.5. The summed E-state index contributed by atoms with van der Waals surface area (Å²) in [7, 11) is 1.43. The minimum absolute atomic E-state index is 0.294. The summed E-state index contributed by atoms with van der Waals surface area (Å²) in [6.45, 7) is 0. The number of hydrogen-bond donors (Lipinski definition) is 3. The number of hydrogen-bond acceptors (Lipinski definition) is 5. The van der Waals surface area contributed by atoms with E-state index in [0.717, 1.165) is 0 Å². The Balaban J connectivity index is 1.95. The maximum Gasteiger partial charge on any atom is 0.389 e. The molecule has 3 rings (SSSR count). The summed E-state index contributed by atoms with van der Waals surface area (Å²) in [4.78, 5) is 43.3. The number of ether oxygens (including phenoxy) is 1. The van der Waals surface area contributed by atoms with E-state index in [1.165, 1.54) is 7.11 Å². The van der Waals surface area contributed by atoms with Gasteiger partial charge in [0, 0.05) is 41.9 Å². The zero-order chi connectivity index (χ0) is 31.1. The van der Waals surface area contributed by atoms with Crippen LogP contribution in [0.15, 0.2) is 53.5 Å². The lowest BCUT2D eigenvalue weighted by atomic mass is 9.83. The van der Waals surface area contributed by atoms with E-state index in [-0.39, 0.29) is 0 Å². The number of primary amides is 1. The number of rotatable bonds is 12. The van der Waals surface area contributed by atoms with Crippen LogP contribution in [0.4, 0.5) is 32.0 Å². The number of carbonyl (C=O) groups excluding carboxylic acids is 3. The number of aliphatic imine (C=N–C) groups is 1. The molecule has 2 aromatic carbocycles. The fraction of sp³-hybridized carbons (Fsp3) is 0.429. The first-order valence-electron chi connectivity index (χ1n) is 13.0. The minimum atomic E-state index is -4.57. The Morgan fingerprint density at radius 1 is 0.976 bits per heavy atom. The highest BCUT2D eigenvalue weighted by Crippen LogP contribution is 2.32. The average molecular weight is 601 g/mol. The van der Waals surface area contributed by atoms with E-state index < -0.39 is 86.6 Å². The number of anilines is 1. The summed E-state index contributed by atoms with van der Waals surface area (Å²) >= 11 is 0. The van der Waals surface area contributed by atoms with Crippen LogP contribution in [-0.2, 0) is 14.4 Å². The zero-order valence-electron chi connectivity index (χ0n) is 22.5. The SMILES string of the molecule is COc1ccc2c(c1)NC(=O)[C@@H](NC(=O)[C@H](CCCC(F)(F)F)[C@H](CCCC(F)(F)F)C(N)=O)N=C2c1ccccc1. The van der Waals surface area contributed by atoms with Gasteiger partial charge in [0.25, 0.3) is 5.91 Å². The van der Waals surface area contributed by atoms with E-state index in [9.17, 15) is 40.7 Å². The molecule has 0 saturated carbocycles. The van der Waals surface area contributed by atoms with Crippen LogP contribution in [0.2, 0.25) is 0 Å². The number of methoxy groups -OCH3 is 1. The van der Waals surface area contributed by atoms with Crippen molar-refractivity contribution < 1.29 is 45.5 Å². The predicted octanol–water partition coefficient (Wildman–Crippen LogP) is 5.11. The lowest BCUT2D eigenvalue weighted by Gasteiger charge is -2.26. The standard InChI is InChI=1S/C28H30F6N4O4/c1-42-17-11-12-20-21(15-17)36-26(41)24(37-22(20)16-7-3-2-4-8-16)38-25(40)19(10-6-14-28(32,33)34)18(23(35)39)9-5-13-27(29,30)31/h2-4,7-8,11-12,15,18-19,24H,5-6,9-10,13-14H2,1H3,(H2,35,39)(H,36,41)(H,38,40)/t18-,19+,24+/m0/s1. The second-order valence-corrected chi connectivity index (χ2v) is 9.79. The molecular formula is C28H30F6N4O4. The van der Waals surface area contributed by atoms with Crippen LogP contribution in [-0.4, -0.2) is 49.1 Å². The molecule has 0 aromatic heterocycles. The lowest BCUT2D eigenvalue weighted by Crippen LogP contribution is -2.48. The highest BCUT2D eigenvalue weighted by molar-refractivity contribution is 6.20. The average Bonchev–Trinajstić information content (AvgIpc) is 3.04. The van der Waals surface area contributed by atoms with Crippen LogP contribution in [0.5, 0.6) is 5.75 Å². The van der Waals surface area contributed by atoms with E-state index in [4.69, 9.17) is 10.5 Å². The van der Waals surface area contributed by atoms with Crippen LogP contribution in [0.1, 0.15) is 49.7 Å². The molecule has 4 N–H and O–H groups in total. The van der Waals surface area contributed by atoms with Crippen LogP contribution in [0.25, 0.3) is 0 Å². The van der Waals surface area contributed by atoms with Gasteiger partial charge >= 0.3 is 12.4 Å². The Bertz CT molecular complexity index is 1300. The largest absolute Gasteiger partial charge is 0.497 e. The van der Waals surface area contributed by atoms with Crippen molar-refractivity contribution in [3.8, 4) is 5.75 Å². The third-order valence-corrected chi connectivity index (χ3v) is 6.71. The number of carbonyl (C=O) groups is 3. The number of nitrogens with zero attached hydrogens (tertiary/aromatic N) is 1. The van der Waals surface area contributed by atoms with E-state index in [1.54, 1.807) is 48.5 Å². The van der Waals surface area contributed by atoms with Crippen molar-refractivity contribution in [1.82, 2.24) is 5.32 Å². The molecule has 228 valence electrons. The minimum Gasteiger partial charge on any atom is -0.497 e. The molecule has 3 atom stereocenters. The fourth-order valence-electron chi connectivity index (χ4n) is 4.69. The number of amides is 3. The van der Waals surface area contributed by atoms with Crippen LogP contribution < -0.4 is 21.1 Å². The Hall–Kier alpha value is -4.10. The second-order valence-electron chi connectivity index (χ2n) is 9.79. The fourth-order valence-corrected chi connectivity index (χ4v) is 4.69. The number of benzene rings is 2. The van der Waals surface area contributed by atoms with Gasteiger partial charge in [-0.05, 0) is 37.8 Å². The van der Waals surface area contributed by atoms with Gasteiger partial charge in [0.15, 0.2) is 0 Å². The van der Waals surface area contributed by atoms with Crippen molar-refractivity contribution in [1.29, 1.82) is 0 Å². The first kappa shape index (κ1) is 32.4. The Labute approximate surface area is 237 Å². The molecule has 8 nitrogen and oxygen atoms in total. The van der Waals surface area contributed by atoms with E-state index in [0.29, 0.717) is 28.3 Å². The summed E-state index contributed by atoms with van der Waals surface area (Å²) in [6, 6.07) is 13.5. The first-order chi connectivity index (χ1) is 19.7. The van der Waals surface area contributed by atoms with Gasteiger partial charge in [-0.3, -0.25) is 14.4 Å². The molecule has 0 aliphatic carbocycles. The number of nitrogens with one attached hydrogen (secondary N) is 2. The van der Waals surface area contributed by atoms with E-state index in [1.807, 2.05) is 0 Å². The Kier molecular flexibility index (Phi) is 10.6. The highest BCUT2D eigenvalue weighted by Gasteiger charge is 2.37. The summed E-state index contributed by atoms with van der Waals surface area (Å²) in [5.74, 6) is -5.60.